The summed E-state index contributed by atoms with van der Waals surface area (Å²) in [5.41, 5.74) is 0.365. The molecule has 2 aromatic rings. The van der Waals surface area contributed by atoms with Gasteiger partial charge in [-0.25, -0.2) is 9.78 Å². The number of hydrogen-bond acceptors (Lipinski definition) is 5. The molecule has 0 aliphatic rings. The van der Waals surface area contributed by atoms with Gasteiger partial charge in [-0.3, -0.25) is 0 Å². The van der Waals surface area contributed by atoms with Crippen LogP contribution in [0, 0.1) is 0 Å². The monoisotopic (exact) mass is 261 g/mol. The average molecular weight is 262 g/mol. The predicted octanol–water partition coefficient (Wildman–Crippen LogP) is 2.25. The lowest BCUT2D eigenvalue weighted by atomic mass is 10.2. The Morgan fingerprint density at radius 1 is 1.69 bits per heavy atom. The molecule has 0 amide bonds. The zero-order valence-corrected chi connectivity index (χ0v) is 9.55. The number of methoxy groups -OCH3 is 1. The highest BCUT2D eigenvalue weighted by molar-refractivity contribution is 7.92. The maximum absolute atomic E-state index is 12.5. The van der Waals surface area contributed by atoms with E-state index < -0.39 is 5.97 Å². The van der Waals surface area contributed by atoms with Crippen LogP contribution >= 0.6 is 23.9 Å². The summed E-state index contributed by atoms with van der Waals surface area (Å²) >= 11 is 5.56. The first-order valence-electron chi connectivity index (χ1n) is 4.09. The second kappa shape index (κ2) is 4.26. The zero-order chi connectivity index (χ0) is 11.7. The highest BCUT2D eigenvalue weighted by atomic mass is 35.5. The van der Waals surface area contributed by atoms with E-state index in [0.29, 0.717) is 10.9 Å². The molecule has 0 bridgehead atoms. The van der Waals surface area contributed by atoms with Crippen molar-refractivity contribution in [2.45, 2.75) is 0 Å². The molecule has 84 valence electrons. The summed E-state index contributed by atoms with van der Waals surface area (Å²) in [6.07, 6.45) is 1.34. The van der Waals surface area contributed by atoms with Crippen molar-refractivity contribution in [3.8, 4) is 0 Å². The number of aromatic nitrogens is 3. The number of carbonyl (C=O) groups is 1. The molecule has 5 nitrogen and oxygen atoms in total. The zero-order valence-electron chi connectivity index (χ0n) is 7.98. The molecule has 16 heavy (non-hydrogen) atoms. The lowest BCUT2D eigenvalue weighted by Gasteiger charge is -1.94. The smallest absolute Gasteiger partial charge is 0.359 e. The summed E-state index contributed by atoms with van der Waals surface area (Å²) in [6, 6.07) is 1.43. The number of fused-ring (bicyclic) bond motifs is 1. The topological polar surface area (TPSA) is 57.0 Å². The molecule has 0 saturated carbocycles. The van der Waals surface area contributed by atoms with E-state index in [2.05, 4.69) is 14.8 Å². The molecular formula is C8H5ClFN3O2S. The number of rotatable bonds is 2. The SMILES string of the molecule is COC(=O)c1nn(SF)c2cnc(Cl)cc12. The Balaban J connectivity index is 2.73. The van der Waals surface area contributed by atoms with E-state index in [4.69, 9.17) is 11.6 Å². The number of pyridine rings is 1. The number of nitrogens with zero attached hydrogens (tertiary/aromatic N) is 3. The predicted molar refractivity (Wildman–Crippen MR) is 58.0 cm³/mol. The maximum atomic E-state index is 12.5. The van der Waals surface area contributed by atoms with E-state index in [0.717, 1.165) is 4.09 Å². The van der Waals surface area contributed by atoms with Gasteiger partial charge < -0.3 is 4.74 Å². The summed E-state index contributed by atoms with van der Waals surface area (Å²) in [6.45, 7) is 0. The minimum atomic E-state index is -0.653. The van der Waals surface area contributed by atoms with Crippen molar-refractivity contribution in [3.63, 3.8) is 0 Å². The fourth-order valence-electron chi connectivity index (χ4n) is 1.26. The Labute approximate surface area is 99.0 Å². The van der Waals surface area contributed by atoms with E-state index in [1.807, 2.05) is 0 Å². The Morgan fingerprint density at radius 3 is 3.06 bits per heavy atom. The summed E-state index contributed by atoms with van der Waals surface area (Å²) in [4.78, 5) is 15.2. The lowest BCUT2D eigenvalue weighted by Crippen LogP contribution is -2.02. The van der Waals surface area contributed by atoms with Gasteiger partial charge in [0.05, 0.1) is 13.3 Å². The minimum absolute atomic E-state index is 0.00644. The molecule has 0 fully saturated rings. The maximum Gasteiger partial charge on any atom is 0.359 e. The third kappa shape index (κ3) is 1.72. The molecule has 0 aromatic carbocycles. The Bertz CT molecular complexity index is 559. The molecule has 0 atom stereocenters. The Kier molecular flexibility index (Phi) is 2.97. The van der Waals surface area contributed by atoms with Gasteiger partial charge in [-0.2, -0.15) is 9.19 Å². The molecule has 0 spiro atoms. The highest BCUT2D eigenvalue weighted by Gasteiger charge is 2.18. The third-order valence-electron chi connectivity index (χ3n) is 1.95. The molecule has 0 aliphatic carbocycles. The average Bonchev–Trinajstić information content (AvgIpc) is 2.66. The van der Waals surface area contributed by atoms with E-state index in [1.165, 1.54) is 19.4 Å². The van der Waals surface area contributed by atoms with Gasteiger partial charge in [0, 0.05) is 5.39 Å². The molecule has 2 rings (SSSR count). The Hall–Kier alpha value is -1.34. The second-order valence-electron chi connectivity index (χ2n) is 2.81. The van der Waals surface area contributed by atoms with Gasteiger partial charge in [-0.15, -0.1) is 3.89 Å². The molecule has 2 aromatic heterocycles. The highest BCUT2D eigenvalue weighted by Crippen LogP contribution is 2.24. The van der Waals surface area contributed by atoms with E-state index in [9.17, 15) is 8.68 Å². The van der Waals surface area contributed by atoms with Crippen molar-refractivity contribution in [1.82, 2.24) is 14.2 Å². The largest absolute Gasteiger partial charge is 0.464 e. The number of carbonyl (C=O) groups excluding carboxylic acids is 1. The van der Waals surface area contributed by atoms with Crippen molar-refractivity contribution in [1.29, 1.82) is 0 Å². The van der Waals surface area contributed by atoms with Crippen molar-refractivity contribution >= 4 is 40.8 Å². The fourth-order valence-corrected chi connectivity index (χ4v) is 1.75. The minimum Gasteiger partial charge on any atom is -0.464 e. The van der Waals surface area contributed by atoms with Crippen LogP contribution in [0.1, 0.15) is 10.5 Å². The van der Waals surface area contributed by atoms with Crippen molar-refractivity contribution < 1.29 is 13.4 Å². The number of ether oxygens (including phenoxy) is 1. The van der Waals surface area contributed by atoms with E-state index in [-0.39, 0.29) is 23.2 Å². The van der Waals surface area contributed by atoms with Gasteiger partial charge in [0.25, 0.3) is 0 Å². The summed E-state index contributed by atoms with van der Waals surface area (Å²) < 4.78 is 18.0. The fraction of sp³-hybridized carbons (Fsp3) is 0.125. The molecule has 2 heterocycles. The van der Waals surface area contributed by atoms with Gasteiger partial charge in [-0.05, 0) is 6.07 Å². The first-order valence-corrected chi connectivity index (χ1v) is 5.14. The molecule has 0 aliphatic heterocycles. The van der Waals surface area contributed by atoms with Gasteiger partial charge in [0.15, 0.2) is 18.0 Å². The Morgan fingerprint density at radius 2 is 2.44 bits per heavy atom. The van der Waals surface area contributed by atoms with Gasteiger partial charge >= 0.3 is 5.97 Å². The molecular weight excluding hydrogens is 257 g/mol. The van der Waals surface area contributed by atoms with Crippen LogP contribution in [0.5, 0.6) is 0 Å². The number of esters is 1. The molecule has 0 radical (unpaired) electrons. The van der Waals surface area contributed by atoms with Gasteiger partial charge in [0.1, 0.15) is 10.7 Å². The van der Waals surface area contributed by atoms with Crippen molar-refractivity contribution in [3.05, 3.63) is 23.1 Å². The van der Waals surface area contributed by atoms with E-state index in [1.54, 1.807) is 0 Å². The quantitative estimate of drug-likeness (QED) is 0.613. The summed E-state index contributed by atoms with van der Waals surface area (Å²) in [7, 11) is 1.22. The number of hydrogen-bond donors (Lipinski definition) is 0. The summed E-state index contributed by atoms with van der Waals surface area (Å²) in [5.74, 6) is -0.653. The molecule has 8 heteroatoms. The van der Waals surface area contributed by atoms with Crippen LogP contribution < -0.4 is 0 Å². The van der Waals surface area contributed by atoms with Crippen LogP contribution in [0.25, 0.3) is 10.9 Å². The first-order chi connectivity index (χ1) is 7.67. The number of halogens is 2. The van der Waals surface area contributed by atoms with Crippen molar-refractivity contribution in [2.24, 2.45) is 0 Å². The standard InChI is InChI=1S/C8H5ClFN3O2S/c1-15-8(14)7-4-2-6(9)11-3-5(4)13(12-7)16-10/h2-3H,1H3. The van der Waals surface area contributed by atoms with E-state index >= 15 is 0 Å². The summed E-state index contributed by atoms with van der Waals surface area (Å²) in [5, 5.41) is 4.35. The second-order valence-corrected chi connectivity index (χ2v) is 3.68. The third-order valence-corrected chi connectivity index (χ3v) is 2.56. The molecule has 0 saturated heterocycles. The normalized spacial score (nSPS) is 10.7. The van der Waals surface area contributed by atoms with Crippen LogP contribution in [-0.2, 0) is 4.74 Å². The van der Waals surface area contributed by atoms with Crippen molar-refractivity contribution in [2.75, 3.05) is 7.11 Å². The van der Waals surface area contributed by atoms with Crippen LogP contribution in [0.15, 0.2) is 12.3 Å². The first kappa shape index (κ1) is 11.2. The van der Waals surface area contributed by atoms with Gasteiger partial charge in [-0.1, -0.05) is 11.6 Å². The van der Waals surface area contributed by atoms with Crippen LogP contribution in [0.4, 0.5) is 3.89 Å². The van der Waals surface area contributed by atoms with Crippen LogP contribution in [-0.4, -0.2) is 27.2 Å². The molecule has 0 N–H and O–H groups in total. The van der Waals surface area contributed by atoms with Crippen LogP contribution in [0.2, 0.25) is 5.15 Å². The lowest BCUT2D eigenvalue weighted by molar-refractivity contribution is 0.0596. The molecule has 0 unspecified atom stereocenters. The van der Waals surface area contributed by atoms with Gasteiger partial charge in [0.2, 0.25) is 0 Å². The van der Waals surface area contributed by atoms with Crippen LogP contribution in [0.3, 0.4) is 0 Å².